The van der Waals surface area contributed by atoms with Gasteiger partial charge >= 0.3 is 6.09 Å². The van der Waals surface area contributed by atoms with Gasteiger partial charge < -0.3 is 10.1 Å². The maximum atomic E-state index is 12.2. The second kappa shape index (κ2) is 7.96. The van der Waals surface area contributed by atoms with Crippen LogP contribution in [0.25, 0.3) is 0 Å². The van der Waals surface area contributed by atoms with Crippen molar-refractivity contribution in [3.8, 4) is 0 Å². The molecule has 1 aromatic rings. The number of nitrogens with one attached hydrogen (secondary N) is 2. The first-order valence-electron chi connectivity index (χ1n) is 8.47. The molecule has 0 aromatic carbocycles. The number of thiazole rings is 1. The summed E-state index contributed by atoms with van der Waals surface area (Å²) in [6.07, 6.45) is 5.80. The highest BCUT2D eigenvalue weighted by Gasteiger charge is 2.21. The molecule has 1 aliphatic carbocycles. The smallest absolute Gasteiger partial charge is 0.413 e. The van der Waals surface area contributed by atoms with Crippen molar-refractivity contribution in [3.63, 3.8) is 0 Å². The van der Waals surface area contributed by atoms with Gasteiger partial charge in [0.15, 0.2) is 5.13 Å². The average molecular weight is 353 g/mol. The van der Waals surface area contributed by atoms with Crippen molar-refractivity contribution in [1.82, 2.24) is 10.3 Å². The van der Waals surface area contributed by atoms with Crippen LogP contribution in [0.15, 0.2) is 6.20 Å². The van der Waals surface area contributed by atoms with Gasteiger partial charge in [-0.25, -0.2) is 9.78 Å². The number of hydrogen-bond acceptors (Lipinski definition) is 5. The minimum atomic E-state index is -0.571. The molecule has 2 amide bonds. The summed E-state index contributed by atoms with van der Waals surface area (Å²) in [6, 6.07) is 0. The van der Waals surface area contributed by atoms with Gasteiger partial charge in [-0.2, -0.15) is 0 Å². The van der Waals surface area contributed by atoms with Gasteiger partial charge in [0.25, 0.3) is 5.91 Å². The van der Waals surface area contributed by atoms with Crippen LogP contribution in [0.4, 0.5) is 9.93 Å². The van der Waals surface area contributed by atoms with E-state index in [-0.39, 0.29) is 5.91 Å². The Morgan fingerprint density at radius 1 is 1.38 bits per heavy atom. The fraction of sp³-hybridized carbons (Fsp3) is 0.706. The minimum absolute atomic E-state index is 0.136. The summed E-state index contributed by atoms with van der Waals surface area (Å²) >= 11 is 1.15. The summed E-state index contributed by atoms with van der Waals surface area (Å²) in [6.45, 7) is 8.35. The quantitative estimate of drug-likeness (QED) is 0.856. The van der Waals surface area contributed by atoms with E-state index in [1.165, 1.54) is 31.9 Å². The lowest BCUT2D eigenvalue weighted by atomic mass is 9.82. The highest BCUT2D eigenvalue weighted by Crippen LogP contribution is 2.28. The van der Waals surface area contributed by atoms with Crippen molar-refractivity contribution in [3.05, 3.63) is 11.1 Å². The first-order valence-corrected chi connectivity index (χ1v) is 9.28. The van der Waals surface area contributed by atoms with E-state index in [2.05, 4.69) is 22.5 Å². The van der Waals surface area contributed by atoms with Gasteiger partial charge in [0.1, 0.15) is 10.5 Å². The van der Waals surface area contributed by atoms with Crippen molar-refractivity contribution >= 4 is 28.5 Å². The van der Waals surface area contributed by atoms with E-state index in [1.54, 1.807) is 20.8 Å². The Morgan fingerprint density at radius 3 is 2.79 bits per heavy atom. The molecule has 0 bridgehead atoms. The van der Waals surface area contributed by atoms with Crippen LogP contribution in [0.1, 0.15) is 63.0 Å². The fourth-order valence-electron chi connectivity index (χ4n) is 2.90. The lowest BCUT2D eigenvalue weighted by Gasteiger charge is -2.26. The van der Waals surface area contributed by atoms with Gasteiger partial charge in [-0.15, -0.1) is 0 Å². The number of anilines is 1. The molecule has 24 heavy (non-hydrogen) atoms. The van der Waals surface area contributed by atoms with Gasteiger partial charge in [0.2, 0.25) is 0 Å². The van der Waals surface area contributed by atoms with E-state index in [0.29, 0.717) is 22.5 Å². The second-order valence-electron chi connectivity index (χ2n) is 7.50. The summed E-state index contributed by atoms with van der Waals surface area (Å²) in [5, 5.41) is 5.89. The molecule has 0 spiro atoms. The largest absolute Gasteiger partial charge is 0.444 e. The Balaban J connectivity index is 1.81. The number of hydrogen-bond donors (Lipinski definition) is 2. The highest BCUT2D eigenvalue weighted by atomic mass is 32.1. The summed E-state index contributed by atoms with van der Waals surface area (Å²) in [5.41, 5.74) is -0.571. The van der Waals surface area contributed by atoms with Gasteiger partial charge in [0, 0.05) is 6.54 Å². The number of amides is 2. The molecule has 1 saturated carbocycles. The minimum Gasteiger partial charge on any atom is -0.444 e. The van der Waals surface area contributed by atoms with E-state index in [4.69, 9.17) is 4.74 Å². The maximum absolute atomic E-state index is 12.2. The van der Waals surface area contributed by atoms with E-state index < -0.39 is 11.7 Å². The second-order valence-corrected chi connectivity index (χ2v) is 8.54. The molecule has 1 fully saturated rings. The molecule has 1 heterocycles. The molecule has 6 nitrogen and oxygen atoms in total. The fourth-order valence-corrected chi connectivity index (χ4v) is 3.62. The van der Waals surface area contributed by atoms with Crippen LogP contribution in [-0.2, 0) is 4.74 Å². The number of aromatic nitrogens is 1. The van der Waals surface area contributed by atoms with Crippen LogP contribution >= 0.6 is 11.3 Å². The zero-order valence-electron chi connectivity index (χ0n) is 14.8. The molecule has 0 saturated heterocycles. The highest BCUT2D eigenvalue weighted by molar-refractivity contribution is 7.17. The Bertz CT molecular complexity index is 580. The number of ether oxygens (including phenoxy) is 1. The van der Waals surface area contributed by atoms with Crippen molar-refractivity contribution in [2.24, 2.45) is 11.8 Å². The number of rotatable bonds is 4. The molecular weight excluding hydrogens is 326 g/mol. The predicted molar refractivity (Wildman–Crippen MR) is 95.4 cm³/mol. The molecule has 2 atom stereocenters. The Labute approximate surface area is 147 Å². The topological polar surface area (TPSA) is 80.3 Å². The Hall–Kier alpha value is -1.63. The molecule has 134 valence electrons. The lowest BCUT2D eigenvalue weighted by Crippen LogP contribution is -2.31. The molecular formula is C17H27N3O3S. The third-order valence-corrected chi connectivity index (χ3v) is 4.85. The zero-order chi connectivity index (χ0) is 17.7. The molecule has 7 heteroatoms. The Morgan fingerprint density at radius 2 is 2.12 bits per heavy atom. The van der Waals surface area contributed by atoms with Gasteiger partial charge in [-0.05, 0) is 45.4 Å². The molecule has 2 rings (SSSR count). The first-order chi connectivity index (χ1) is 11.2. The zero-order valence-corrected chi connectivity index (χ0v) is 15.7. The van der Waals surface area contributed by atoms with Crippen molar-refractivity contribution in [2.45, 2.75) is 59.0 Å². The van der Waals surface area contributed by atoms with Crippen LogP contribution in [0.5, 0.6) is 0 Å². The molecule has 2 N–H and O–H groups in total. The van der Waals surface area contributed by atoms with Crippen LogP contribution in [0.3, 0.4) is 0 Å². The number of carbonyl (C=O) groups excluding carboxylic acids is 2. The number of carbonyl (C=O) groups is 2. The Kier molecular flexibility index (Phi) is 6.21. The SMILES string of the molecule is C[C@H]1CCCC(CNC(=O)c2cnc(NC(=O)OC(C)(C)C)s2)C1. The standard InChI is InChI=1S/C17H27N3O3S/c1-11-6-5-7-12(8-11)9-18-14(21)13-10-19-15(24-13)20-16(22)23-17(2,3)4/h10-12H,5-9H2,1-4H3,(H,18,21)(H,19,20,22)/t11-,12?/m0/s1. The first kappa shape index (κ1) is 18.7. The van der Waals surface area contributed by atoms with Gasteiger partial charge in [0.05, 0.1) is 6.20 Å². The monoisotopic (exact) mass is 353 g/mol. The molecule has 1 unspecified atom stereocenters. The summed E-state index contributed by atoms with van der Waals surface area (Å²) in [5.74, 6) is 1.17. The van der Waals surface area contributed by atoms with Gasteiger partial charge in [-0.3, -0.25) is 10.1 Å². The summed E-state index contributed by atoms with van der Waals surface area (Å²) < 4.78 is 5.16. The van der Waals surface area contributed by atoms with E-state index in [1.807, 2.05) is 0 Å². The van der Waals surface area contributed by atoms with Crippen LogP contribution in [0.2, 0.25) is 0 Å². The van der Waals surface area contributed by atoms with Crippen molar-refractivity contribution in [2.75, 3.05) is 11.9 Å². The van der Waals surface area contributed by atoms with E-state index in [9.17, 15) is 9.59 Å². The van der Waals surface area contributed by atoms with Crippen LogP contribution in [-0.4, -0.2) is 29.1 Å². The van der Waals surface area contributed by atoms with Crippen LogP contribution < -0.4 is 10.6 Å². The molecule has 0 radical (unpaired) electrons. The predicted octanol–water partition coefficient (Wildman–Crippen LogP) is 4.05. The van der Waals surface area contributed by atoms with Crippen molar-refractivity contribution in [1.29, 1.82) is 0 Å². The third-order valence-electron chi connectivity index (χ3n) is 3.93. The van der Waals surface area contributed by atoms with E-state index >= 15 is 0 Å². The van der Waals surface area contributed by atoms with Gasteiger partial charge in [-0.1, -0.05) is 31.1 Å². The third kappa shape index (κ3) is 6.11. The normalized spacial score (nSPS) is 21.2. The molecule has 1 aliphatic rings. The van der Waals surface area contributed by atoms with E-state index in [0.717, 1.165) is 17.3 Å². The maximum Gasteiger partial charge on any atom is 0.413 e. The number of nitrogens with zero attached hydrogens (tertiary/aromatic N) is 1. The summed E-state index contributed by atoms with van der Waals surface area (Å²) in [7, 11) is 0. The summed E-state index contributed by atoms with van der Waals surface area (Å²) in [4.78, 5) is 28.5. The average Bonchev–Trinajstić information content (AvgIpc) is 2.91. The molecule has 0 aliphatic heterocycles. The van der Waals surface area contributed by atoms with Crippen LogP contribution in [0, 0.1) is 11.8 Å². The molecule has 1 aromatic heterocycles. The van der Waals surface area contributed by atoms with Crippen molar-refractivity contribution < 1.29 is 14.3 Å². The lowest BCUT2D eigenvalue weighted by molar-refractivity contribution is 0.0635.